The quantitative estimate of drug-likeness (QED) is 0.550. The molecule has 0 aliphatic heterocycles. The molecule has 0 unspecified atom stereocenters. The standard InChI is InChI=1S/C21H24O2/c1-4-21(23)10-9-18-17-7-5-14-11-15(22)6-8-16(14)19(17)13(2)12-20(18,21)3/h1,9-11,16-19,23H,2,5-8,12H2,3H3/t16-,17-,18-,19+,20-,21-/m0/s1. The van der Waals surface area contributed by atoms with Crippen molar-refractivity contribution in [3.8, 4) is 12.3 Å². The lowest BCUT2D eigenvalue weighted by Gasteiger charge is -2.55. The Labute approximate surface area is 138 Å². The fraction of sp³-hybridized carbons (Fsp3) is 0.571. The molecule has 2 heteroatoms. The zero-order valence-electron chi connectivity index (χ0n) is 13.7. The number of carbonyl (C=O) groups is 1. The van der Waals surface area contributed by atoms with Crippen LogP contribution in [0.4, 0.5) is 0 Å². The van der Waals surface area contributed by atoms with Crippen LogP contribution < -0.4 is 0 Å². The molecule has 0 radical (unpaired) electrons. The number of hydrogen-bond acceptors (Lipinski definition) is 2. The molecule has 0 aromatic heterocycles. The third-order valence-electron chi connectivity index (χ3n) is 7.08. The van der Waals surface area contributed by atoms with Crippen molar-refractivity contribution < 1.29 is 9.90 Å². The van der Waals surface area contributed by atoms with Gasteiger partial charge in [-0.1, -0.05) is 36.6 Å². The lowest BCUT2D eigenvalue weighted by Crippen LogP contribution is -2.53. The van der Waals surface area contributed by atoms with Crippen molar-refractivity contribution in [1.29, 1.82) is 0 Å². The van der Waals surface area contributed by atoms with Crippen LogP contribution in [0.5, 0.6) is 0 Å². The summed E-state index contributed by atoms with van der Waals surface area (Å²) in [5.74, 6) is 4.60. The van der Waals surface area contributed by atoms with E-state index in [4.69, 9.17) is 6.42 Å². The van der Waals surface area contributed by atoms with Gasteiger partial charge in [0.05, 0.1) is 0 Å². The molecule has 4 aliphatic rings. The smallest absolute Gasteiger partial charge is 0.155 e. The Morgan fingerprint density at radius 2 is 2.17 bits per heavy atom. The van der Waals surface area contributed by atoms with E-state index in [2.05, 4.69) is 25.5 Å². The fourth-order valence-corrected chi connectivity index (χ4v) is 5.91. The maximum absolute atomic E-state index is 11.8. The molecule has 0 spiro atoms. The summed E-state index contributed by atoms with van der Waals surface area (Å²) in [5.41, 5.74) is 1.05. The Morgan fingerprint density at radius 3 is 2.91 bits per heavy atom. The van der Waals surface area contributed by atoms with Crippen LogP contribution in [0, 0.1) is 41.4 Å². The molecule has 2 saturated carbocycles. The monoisotopic (exact) mass is 308 g/mol. The Bertz CT molecular complexity index is 691. The minimum absolute atomic E-state index is 0.281. The number of rotatable bonds is 0. The number of allylic oxidation sites excluding steroid dienone is 4. The fourth-order valence-electron chi connectivity index (χ4n) is 5.91. The van der Waals surface area contributed by atoms with E-state index >= 15 is 0 Å². The van der Waals surface area contributed by atoms with Crippen molar-refractivity contribution in [2.45, 2.75) is 44.6 Å². The first-order valence-corrected chi connectivity index (χ1v) is 8.70. The number of ketones is 1. The second-order valence-electron chi connectivity index (χ2n) is 8.11. The first-order valence-electron chi connectivity index (χ1n) is 8.70. The zero-order chi connectivity index (χ0) is 16.4. The maximum atomic E-state index is 11.8. The van der Waals surface area contributed by atoms with Crippen molar-refractivity contribution in [1.82, 2.24) is 0 Å². The third-order valence-corrected chi connectivity index (χ3v) is 7.08. The van der Waals surface area contributed by atoms with Crippen molar-refractivity contribution in [2.24, 2.45) is 29.1 Å². The molecule has 120 valence electrons. The van der Waals surface area contributed by atoms with E-state index in [0.29, 0.717) is 30.1 Å². The van der Waals surface area contributed by atoms with Crippen molar-refractivity contribution in [3.63, 3.8) is 0 Å². The summed E-state index contributed by atoms with van der Waals surface area (Å²) in [4.78, 5) is 11.8. The second kappa shape index (κ2) is 4.71. The largest absolute Gasteiger partial charge is 0.373 e. The van der Waals surface area contributed by atoms with Gasteiger partial charge in [-0.05, 0) is 61.5 Å². The first-order chi connectivity index (χ1) is 10.9. The Balaban J connectivity index is 1.73. The van der Waals surface area contributed by atoms with E-state index < -0.39 is 5.60 Å². The van der Waals surface area contributed by atoms with Crippen molar-refractivity contribution >= 4 is 5.78 Å². The molecule has 0 bridgehead atoms. The van der Waals surface area contributed by atoms with Crippen LogP contribution in [0.2, 0.25) is 0 Å². The SMILES string of the molecule is C#C[C@]1(O)C=C[C@H]2[C@@H]3CCC4=CC(=O)CC[C@@H]4[C@H]3C(=C)C[C@@]21C. The summed E-state index contributed by atoms with van der Waals surface area (Å²) in [6.45, 7) is 6.51. The molecule has 1 N–H and O–H groups in total. The van der Waals surface area contributed by atoms with E-state index in [0.717, 1.165) is 25.7 Å². The maximum Gasteiger partial charge on any atom is 0.155 e. The highest BCUT2D eigenvalue weighted by molar-refractivity contribution is 5.91. The van der Waals surface area contributed by atoms with E-state index in [9.17, 15) is 9.90 Å². The Kier molecular flexibility index (Phi) is 3.06. The third kappa shape index (κ3) is 1.83. The minimum atomic E-state index is -1.16. The van der Waals surface area contributed by atoms with Crippen LogP contribution in [0.3, 0.4) is 0 Å². The van der Waals surface area contributed by atoms with Crippen molar-refractivity contribution in [2.75, 3.05) is 0 Å². The molecule has 4 rings (SSSR count). The van der Waals surface area contributed by atoms with Gasteiger partial charge in [-0.15, -0.1) is 6.42 Å². The van der Waals surface area contributed by atoms with Crippen LogP contribution in [-0.4, -0.2) is 16.5 Å². The van der Waals surface area contributed by atoms with Gasteiger partial charge in [-0.25, -0.2) is 0 Å². The average molecular weight is 308 g/mol. The van der Waals surface area contributed by atoms with Gasteiger partial charge >= 0.3 is 0 Å². The van der Waals surface area contributed by atoms with Gasteiger partial charge in [-0.2, -0.15) is 0 Å². The van der Waals surface area contributed by atoms with Crippen LogP contribution in [-0.2, 0) is 4.79 Å². The van der Waals surface area contributed by atoms with Gasteiger partial charge in [0.25, 0.3) is 0 Å². The topological polar surface area (TPSA) is 37.3 Å². The summed E-state index contributed by atoms with van der Waals surface area (Å²) in [5, 5.41) is 10.9. The summed E-state index contributed by atoms with van der Waals surface area (Å²) in [7, 11) is 0. The molecule has 23 heavy (non-hydrogen) atoms. The van der Waals surface area contributed by atoms with Gasteiger partial charge in [0.15, 0.2) is 5.78 Å². The summed E-state index contributed by atoms with van der Waals surface area (Å²) in [6, 6.07) is 0. The van der Waals surface area contributed by atoms with Crippen LogP contribution in [0.15, 0.2) is 36.0 Å². The minimum Gasteiger partial charge on any atom is -0.373 e. The molecule has 2 nitrogen and oxygen atoms in total. The van der Waals surface area contributed by atoms with Gasteiger partial charge in [-0.3, -0.25) is 4.79 Å². The van der Waals surface area contributed by atoms with E-state index in [1.807, 2.05) is 12.2 Å². The highest BCUT2D eigenvalue weighted by atomic mass is 16.3. The zero-order valence-corrected chi connectivity index (χ0v) is 13.7. The summed E-state index contributed by atoms with van der Waals surface area (Å²) < 4.78 is 0. The number of hydrogen-bond donors (Lipinski definition) is 1. The lowest BCUT2D eigenvalue weighted by atomic mass is 9.49. The highest BCUT2D eigenvalue weighted by Crippen LogP contribution is 2.63. The van der Waals surface area contributed by atoms with Crippen LogP contribution in [0.25, 0.3) is 0 Å². The van der Waals surface area contributed by atoms with E-state index in [1.165, 1.54) is 11.1 Å². The lowest BCUT2D eigenvalue weighted by molar-refractivity contribution is -0.115. The molecule has 0 aromatic carbocycles. The Hall–Kier alpha value is -1.59. The summed E-state index contributed by atoms with van der Waals surface area (Å²) >= 11 is 0. The van der Waals surface area contributed by atoms with Crippen molar-refractivity contribution in [3.05, 3.63) is 36.0 Å². The Morgan fingerprint density at radius 1 is 1.39 bits per heavy atom. The number of terminal acetylenes is 1. The molecule has 0 amide bonds. The van der Waals surface area contributed by atoms with Crippen LogP contribution >= 0.6 is 0 Å². The molecule has 0 heterocycles. The van der Waals surface area contributed by atoms with Gasteiger partial charge < -0.3 is 5.11 Å². The molecule has 2 fully saturated rings. The molecule has 4 aliphatic carbocycles. The van der Waals surface area contributed by atoms with Gasteiger partial charge in [0, 0.05) is 11.8 Å². The van der Waals surface area contributed by atoms with E-state index in [1.54, 1.807) is 0 Å². The molecular formula is C21H24O2. The van der Waals surface area contributed by atoms with Gasteiger partial charge in [0.2, 0.25) is 0 Å². The van der Waals surface area contributed by atoms with E-state index in [-0.39, 0.29) is 11.2 Å². The molecule has 6 atom stereocenters. The van der Waals surface area contributed by atoms with Gasteiger partial charge in [0.1, 0.15) is 5.60 Å². The normalized spacial score (nSPS) is 48.1. The molecular weight excluding hydrogens is 284 g/mol. The summed E-state index contributed by atoms with van der Waals surface area (Å²) in [6.07, 6.45) is 16.0. The number of aliphatic hydroxyl groups is 1. The first kappa shape index (κ1) is 15.0. The second-order valence-corrected chi connectivity index (χ2v) is 8.11. The average Bonchev–Trinajstić information content (AvgIpc) is 2.78. The highest BCUT2D eigenvalue weighted by Gasteiger charge is 2.60. The molecule has 0 aromatic rings. The number of fused-ring (bicyclic) bond motifs is 5. The molecule has 0 saturated heterocycles. The number of carbonyl (C=O) groups excluding carboxylic acids is 1. The predicted octanol–water partition coefficient (Wildman–Crippen LogP) is 3.43. The predicted molar refractivity (Wildman–Crippen MR) is 90.3 cm³/mol. The van der Waals surface area contributed by atoms with Crippen LogP contribution in [0.1, 0.15) is 39.0 Å².